The Bertz CT molecular complexity index is 275. The first-order valence-electron chi connectivity index (χ1n) is 4.98. The maximum atomic E-state index is 11.3. The van der Waals surface area contributed by atoms with Crippen molar-refractivity contribution in [1.82, 2.24) is 0 Å². The topological polar surface area (TPSA) is 17.1 Å². The summed E-state index contributed by atoms with van der Waals surface area (Å²) in [5.74, 6) is 0.362. The van der Waals surface area contributed by atoms with Crippen molar-refractivity contribution >= 4 is 17.1 Å². The molecule has 1 nitrogen and oxygen atoms in total. The molecule has 0 bridgehead atoms. The number of Topliss-reactive ketones (excluding diaryl/α,β-unsaturated/α-hetero) is 1. The molecule has 1 heterocycles. The standard InChI is InChI=1S/C12H16OS/c1-2-3-6-11(13)7-4-8-12-9-5-10-14-12/h2,5,9-10H,1,3-4,6-8H2. The zero-order valence-electron chi connectivity index (χ0n) is 8.37. The molecule has 0 radical (unpaired) electrons. The quantitative estimate of drug-likeness (QED) is 0.626. The fraction of sp³-hybridized carbons (Fsp3) is 0.417. The number of allylic oxidation sites excluding steroid dienone is 1. The van der Waals surface area contributed by atoms with E-state index in [9.17, 15) is 4.79 Å². The Morgan fingerprint density at radius 2 is 2.36 bits per heavy atom. The third kappa shape index (κ3) is 4.38. The summed E-state index contributed by atoms with van der Waals surface area (Å²) in [6, 6.07) is 4.18. The van der Waals surface area contributed by atoms with Crippen LogP contribution in [0.5, 0.6) is 0 Å². The first-order chi connectivity index (χ1) is 6.83. The van der Waals surface area contributed by atoms with Gasteiger partial charge in [0.15, 0.2) is 0 Å². The summed E-state index contributed by atoms with van der Waals surface area (Å²) in [6.07, 6.45) is 6.02. The molecule has 0 fully saturated rings. The lowest BCUT2D eigenvalue weighted by Crippen LogP contribution is -1.97. The largest absolute Gasteiger partial charge is 0.300 e. The maximum Gasteiger partial charge on any atom is 0.133 e. The molecule has 1 rings (SSSR count). The number of ketones is 1. The molecule has 0 aromatic carbocycles. The minimum atomic E-state index is 0.362. The molecule has 0 amide bonds. The molecule has 0 atom stereocenters. The third-order valence-electron chi connectivity index (χ3n) is 2.09. The molecule has 0 aliphatic carbocycles. The summed E-state index contributed by atoms with van der Waals surface area (Å²) in [4.78, 5) is 12.7. The third-order valence-corrected chi connectivity index (χ3v) is 3.02. The molecule has 1 aromatic heterocycles. The van der Waals surface area contributed by atoms with Crippen LogP contribution >= 0.6 is 11.3 Å². The number of hydrogen-bond donors (Lipinski definition) is 0. The molecule has 76 valence electrons. The molecule has 0 saturated carbocycles. The Balaban J connectivity index is 2.09. The number of rotatable bonds is 7. The second kappa shape index (κ2) is 6.55. The van der Waals surface area contributed by atoms with Gasteiger partial charge in [-0.2, -0.15) is 0 Å². The van der Waals surface area contributed by atoms with E-state index in [-0.39, 0.29) is 0 Å². The Morgan fingerprint density at radius 1 is 1.50 bits per heavy atom. The number of carbonyl (C=O) groups is 1. The lowest BCUT2D eigenvalue weighted by Gasteiger charge is -1.97. The van der Waals surface area contributed by atoms with Gasteiger partial charge in [0.05, 0.1) is 0 Å². The molecular weight excluding hydrogens is 192 g/mol. The molecule has 0 N–H and O–H groups in total. The van der Waals surface area contributed by atoms with Crippen LogP contribution in [0.2, 0.25) is 0 Å². The lowest BCUT2D eigenvalue weighted by molar-refractivity contribution is -0.119. The Labute approximate surface area is 89.5 Å². The molecule has 0 spiro atoms. The van der Waals surface area contributed by atoms with E-state index in [1.165, 1.54) is 4.88 Å². The highest BCUT2D eigenvalue weighted by Gasteiger charge is 2.01. The average Bonchev–Trinajstić information content (AvgIpc) is 2.67. The van der Waals surface area contributed by atoms with E-state index >= 15 is 0 Å². The number of aryl methyl sites for hydroxylation is 1. The van der Waals surface area contributed by atoms with Crippen LogP contribution in [-0.4, -0.2) is 5.78 Å². The van der Waals surface area contributed by atoms with Gasteiger partial charge in [-0.05, 0) is 30.7 Å². The fourth-order valence-electron chi connectivity index (χ4n) is 1.30. The van der Waals surface area contributed by atoms with Crippen molar-refractivity contribution in [3.8, 4) is 0 Å². The number of hydrogen-bond acceptors (Lipinski definition) is 2. The Kier molecular flexibility index (Phi) is 5.23. The average molecular weight is 208 g/mol. The van der Waals surface area contributed by atoms with Crippen molar-refractivity contribution in [3.63, 3.8) is 0 Å². The van der Waals surface area contributed by atoms with Crippen molar-refractivity contribution in [2.75, 3.05) is 0 Å². The molecule has 0 unspecified atom stereocenters. The minimum absolute atomic E-state index is 0.362. The molecule has 0 aliphatic rings. The first kappa shape index (κ1) is 11.2. The van der Waals surface area contributed by atoms with Crippen LogP contribution in [0.15, 0.2) is 30.2 Å². The second-order valence-corrected chi connectivity index (χ2v) is 4.33. The molecule has 0 saturated heterocycles. The Morgan fingerprint density at radius 3 is 3.00 bits per heavy atom. The predicted molar refractivity (Wildman–Crippen MR) is 61.7 cm³/mol. The van der Waals surface area contributed by atoms with E-state index in [1.807, 2.05) is 0 Å². The summed E-state index contributed by atoms with van der Waals surface area (Å²) in [7, 11) is 0. The van der Waals surface area contributed by atoms with Crippen molar-refractivity contribution in [2.45, 2.75) is 32.1 Å². The summed E-state index contributed by atoms with van der Waals surface area (Å²) in [6.45, 7) is 3.60. The van der Waals surface area contributed by atoms with E-state index in [4.69, 9.17) is 0 Å². The number of thiophene rings is 1. The van der Waals surface area contributed by atoms with Gasteiger partial charge in [-0.1, -0.05) is 12.1 Å². The molecule has 0 aliphatic heterocycles. The highest BCUT2D eigenvalue weighted by Crippen LogP contribution is 2.12. The van der Waals surface area contributed by atoms with Gasteiger partial charge in [-0.25, -0.2) is 0 Å². The molecule has 14 heavy (non-hydrogen) atoms. The highest BCUT2D eigenvalue weighted by atomic mass is 32.1. The van der Waals surface area contributed by atoms with Crippen molar-refractivity contribution < 1.29 is 4.79 Å². The molecule has 1 aromatic rings. The van der Waals surface area contributed by atoms with E-state index in [2.05, 4.69) is 24.1 Å². The minimum Gasteiger partial charge on any atom is -0.300 e. The van der Waals surface area contributed by atoms with Crippen molar-refractivity contribution in [1.29, 1.82) is 0 Å². The lowest BCUT2D eigenvalue weighted by atomic mass is 10.1. The second-order valence-electron chi connectivity index (χ2n) is 3.30. The summed E-state index contributed by atoms with van der Waals surface area (Å²) in [5, 5.41) is 2.08. The van der Waals surface area contributed by atoms with Crippen molar-refractivity contribution in [3.05, 3.63) is 35.0 Å². The van der Waals surface area contributed by atoms with Crippen LogP contribution in [-0.2, 0) is 11.2 Å². The molecular formula is C12H16OS. The van der Waals surface area contributed by atoms with E-state index < -0.39 is 0 Å². The highest BCUT2D eigenvalue weighted by molar-refractivity contribution is 7.09. The van der Waals surface area contributed by atoms with Gasteiger partial charge in [0, 0.05) is 17.7 Å². The normalized spacial score (nSPS) is 10.0. The van der Waals surface area contributed by atoms with Gasteiger partial charge in [0.2, 0.25) is 0 Å². The Hall–Kier alpha value is -0.890. The zero-order valence-corrected chi connectivity index (χ0v) is 9.19. The monoisotopic (exact) mass is 208 g/mol. The van der Waals surface area contributed by atoms with Gasteiger partial charge < -0.3 is 0 Å². The zero-order chi connectivity index (χ0) is 10.2. The summed E-state index contributed by atoms with van der Waals surface area (Å²) < 4.78 is 0. The summed E-state index contributed by atoms with van der Waals surface area (Å²) in [5.41, 5.74) is 0. The van der Waals surface area contributed by atoms with Crippen molar-refractivity contribution in [2.24, 2.45) is 0 Å². The van der Waals surface area contributed by atoms with Crippen LogP contribution in [0.4, 0.5) is 0 Å². The van der Waals surface area contributed by atoms with E-state index in [0.717, 1.165) is 19.3 Å². The van der Waals surface area contributed by atoms with Gasteiger partial charge in [0.1, 0.15) is 5.78 Å². The maximum absolute atomic E-state index is 11.3. The van der Waals surface area contributed by atoms with Gasteiger partial charge in [-0.15, -0.1) is 17.9 Å². The van der Waals surface area contributed by atoms with Gasteiger partial charge in [-0.3, -0.25) is 4.79 Å². The van der Waals surface area contributed by atoms with Crippen LogP contribution in [0, 0.1) is 0 Å². The van der Waals surface area contributed by atoms with E-state index in [1.54, 1.807) is 17.4 Å². The summed E-state index contributed by atoms with van der Waals surface area (Å²) >= 11 is 1.76. The number of carbonyl (C=O) groups excluding carboxylic acids is 1. The van der Waals surface area contributed by atoms with E-state index in [0.29, 0.717) is 18.6 Å². The molecule has 2 heteroatoms. The fourth-order valence-corrected chi connectivity index (χ4v) is 2.05. The van der Waals surface area contributed by atoms with Crippen LogP contribution < -0.4 is 0 Å². The van der Waals surface area contributed by atoms with Crippen LogP contribution in [0.1, 0.15) is 30.6 Å². The first-order valence-corrected chi connectivity index (χ1v) is 5.86. The van der Waals surface area contributed by atoms with Crippen LogP contribution in [0.25, 0.3) is 0 Å². The smallest absolute Gasteiger partial charge is 0.133 e. The van der Waals surface area contributed by atoms with Gasteiger partial charge >= 0.3 is 0 Å². The predicted octanol–water partition coefficient (Wildman–Crippen LogP) is 3.61. The van der Waals surface area contributed by atoms with Crippen LogP contribution in [0.3, 0.4) is 0 Å². The van der Waals surface area contributed by atoms with Gasteiger partial charge in [0.25, 0.3) is 0 Å². The SMILES string of the molecule is C=CCCC(=O)CCCc1cccs1.